The van der Waals surface area contributed by atoms with Gasteiger partial charge in [-0.05, 0) is 60.0 Å². The van der Waals surface area contributed by atoms with Gasteiger partial charge in [0.15, 0.2) is 0 Å². The number of halogens is 2. The third-order valence-corrected chi connectivity index (χ3v) is 9.94. The maximum atomic E-state index is 13.3. The van der Waals surface area contributed by atoms with Crippen molar-refractivity contribution in [3.8, 4) is 17.1 Å². The van der Waals surface area contributed by atoms with Gasteiger partial charge in [0.2, 0.25) is 5.91 Å². The first-order chi connectivity index (χ1) is 25.7. The number of aliphatic hydroxyl groups is 1. The summed E-state index contributed by atoms with van der Waals surface area (Å²) in [5.74, 6) is -2.49. The largest absolute Gasteiger partial charge is 0.477 e. The summed E-state index contributed by atoms with van der Waals surface area (Å²) < 4.78 is 11.0. The van der Waals surface area contributed by atoms with Crippen molar-refractivity contribution in [2.24, 2.45) is 11.8 Å². The number of fused-ring (bicyclic) bond motifs is 2. The summed E-state index contributed by atoms with van der Waals surface area (Å²) in [5.41, 5.74) is 1.75. The predicted molar refractivity (Wildman–Crippen MR) is 199 cm³/mol. The van der Waals surface area contributed by atoms with Gasteiger partial charge in [-0.2, -0.15) is 0 Å². The molecule has 1 radical (unpaired) electrons. The van der Waals surface area contributed by atoms with Crippen molar-refractivity contribution in [1.82, 2.24) is 25.1 Å². The smallest absolute Gasteiger partial charge is 0.410 e. The zero-order valence-electron chi connectivity index (χ0n) is 29.6. The molecular formula is C38H35Cl2N5O9Y-2. The minimum atomic E-state index is -1.23. The van der Waals surface area contributed by atoms with Crippen molar-refractivity contribution >= 4 is 63.7 Å². The first kappa shape index (κ1) is 41.8. The number of aromatic nitrogens is 2. The number of ether oxygens (including phenoxy) is 2. The molecule has 2 aliphatic rings. The number of aliphatic carboxylic acids is 1. The number of aliphatic hydroxyl groups excluding tert-OH is 1. The van der Waals surface area contributed by atoms with Crippen LogP contribution in [0.3, 0.4) is 0 Å². The van der Waals surface area contributed by atoms with Gasteiger partial charge in [-0.25, -0.2) is 19.4 Å². The minimum Gasteiger partial charge on any atom is -0.477 e. The van der Waals surface area contributed by atoms with Crippen LogP contribution in [-0.2, 0) is 53.6 Å². The molecule has 0 saturated carbocycles. The van der Waals surface area contributed by atoms with Crippen molar-refractivity contribution in [3.63, 3.8) is 0 Å². The summed E-state index contributed by atoms with van der Waals surface area (Å²) in [6, 6.07) is 14.6. The third kappa shape index (κ3) is 8.43. The first-order valence-electron chi connectivity index (χ1n) is 16.8. The molecule has 4 aromatic rings. The number of amides is 3. The molecule has 1 aromatic heterocycles. The molecular weight excluding hydrogens is 830 g/mol. The predicted octanol–water partition coefficient (Wildman–Crippen LogP) is 5.31. The molecule has 0 bridgehead atoms. The zero-order chi connectivity index (χ0) is 39.0. The number of rotatable bonds is 11. The van der Waals surface area contributed by atoms with Crippen LogP contribution < -0.4 is 15.6 Å². The average molecular weight is 866 g/mol. The number of benzene rings is 3. The number of hydrogen-bond acceptors (Lipinski definition) is 9. The van der Waals surface area contributed by atoms with Crippen molar-refractivity contribution in [1.29, 1.82) is 0 Å². The number of H-pyrrole nitrogens is 1. The number of nitrogens with zero attached hydrogens (tertiary/aromatic N) is 3. The Labute approximate surface area is 350 Å². The van der Waals surface area contributed by atoms with Crippen molar-refractivity contribution in [2.45, 2.75) is 38.6 Å². The van der Waals surface area contributed by atoms with Gasteiger partial charge in [0, 0.05) is 55.2 Å². The van der Waals surface area contributed by atoms with Gasteiger partial charge < -0.3 is 53.6 Å². The van der Waals surface area contributed by atoms with Crippen LogP contribution in [0.2, 0.25) is 10.0 Å². The Morgan fingerprint density at radius 3 is 2.40 bits per heavy atom. The first-order valence-corrected chi connectivity index (χ1v) is 17.5. The van der Waals surface area contributed by atoms with Crippen LogP contribution in [0.25, 0.3) is 27.9 Å². The fourth-order valence-corrected chi connectivity index (χ4v) is 7.18. The fourth-order valence-electron chi connectivity index (χ4n) is 6.83. The summed E-state index contributed by atoms with van der Waals surface area (Å²) in [4.78, 5) is 73.1. The standard InChI is InChI=1S/C38H35Cl2N5O9.Y/c1-5-44(38(52)54-28-13-11-24(40)15-26(28)33-42-27-12-10-23(39)14-25(27)34(47)43-33)18(2)16-41-37(51)53-17-21-6-8-22(9-7-21)29-19(3)31-30(20(4)46)35(48)45(31)32(29)36(49)50;/h6-15,18-20,30-31,46H,1-2,5,16-17H2,3-4H3,(H,41,51)(H,49,50)(H,42,43,47);/q-2;. The molecule has 17 heteroatoms. The van der Waals surface area contributed by atoms with Crippen LogP contribution in [0.4, 0.5) is 9.59 Å². The molecule has 0 spiro atoms. The Morgan fingerprint density at radius 2 is 1.75 bits per heavy atom. The van der Waals surface area contributed by atoms with Crippen LogP contribution in [0.15, 0.2) is 71.2 Å². The van der Waals surface area contributed by atoms with Crippen molar-refractivity contribution in [2.75, 3.05) is 13.1 Å². The summed E-state index contributed by atoms with van der Waals surface area (Å²) >= 11 is 12.3. The van der Waals surface area contributed by atoms with E-state index in [1.807, 2.05) is 6.92 Å². The number of nitrogens with one attached hydrogen (secondary N) is 2. The number of carboxylic acid groups (broad SMARTS) is 1. The molecule has 3 heterocycles. The number of hydrogen-bond donors (Lipinski definition) is 4. The van der Waals surface area contributed by atoms with Crippen LogP contribution in [0, 0.1) is 25.7 Å². The van der Waals surface area contributed by atoms with E-state index in [4.69, 9.17) is 32.7 Å². The Kier molecular flexibility index (Phi) is 13.1. The maximum Gasteiger partial charge on any atom is 0.410 e. The quantitative estimate of drug-likeness (QED) is 0.114. The van der Waals surface area contributed by atoms with E-state index < -0.39 is 53.7 Å². The van der Waals surface area contributed by atoms with E-state index in [1.165, 1.54) is 41.0 Å². The van der Waals surface area contributed by atoms with E-state index in [0.717, 1.165) is 0 Å². The SMILES string of the molecule is [CH2-]CN(C(=O)Oc1ccc(Cl)cc1-c1nc2ccc(Cl)cc2c(=O)[nH]1)C([CH2-])CNC(=O)OCc1ccc(C2=C(C(=O)O)N3C(=O)C(C(C)O)C3C2C)cc1.[Y]. The molecule has 55 heavy (non-hydrogen) atoms. The molecule has 0 aliphatic carbocycles. The fraction of sp³-hybridized carbons (Fsp3) is 0.263. The Balaban J connectivity index is 0.00000580. The zero-order valence-corrected chi connectivity index (χ0v) is 34.0. The molecule has 6 rings (SSSR count). The summed E-state index contributed by atoms with van der Waals surface area (Å²) in [6.07, 6.45) is -2.54. The number of carboxylic acids is 1. The van der Waals surface area contributed by atoms with Gasteiger partial charge in [-0.15, -0.1) is 6.54 Å². The van der Waals surface area contributed by atoms with E-state index in [-0.39, 0.29) is 86.5 Å². The molecule has 1 saturated heterocycles. The molecule has 5 atom stereocenters. The maximum absolute atomic E-state index is 13.3. The van der Waals surface area contributed by atoms with Crippen LogP contribution in [0.5, 0.6) is 5.75 Å². The normalized spacial score (nSPS) is 18.5. The minimum absolute atomic E-state index is 0. The number of alkyl carbamates (subject to hydrolysis) is 1. The number of carbonyl (C=O) groups is 4. The molecule has 5 unspecified atom stereocenters. The number of β-lactam (4-membered cyclic amide) rings is 1. The van der Waals surface area contributed by atoms with E-state index in [0.29, 0.717) is 32.3 Å². The van der Waals surface area contributed by atoms with Gasteiger partial charge in [-0.1, -0.05) is 60.4 Å². The number of carbonyl (C=O) groups excluding carboxylic acids is 3. The molecule has 4 N–H and O–H groups in total. The van der Waals surface area contributed by atoms with Crippen LogP contribution in [-0.4, -0.2) is 85.3 Å². The molecule has 285 valence electrons. The molecule has 1 fully saturated rings. The second-order valence-corrected chi connectivity index (χ2v) is 13.8. The Bertz CT molecular complexity index is 2250. The second kappa shape index (κ2) is 17.2. The van der Waals surface area contributed by atoms with Crippen LogP contribution in [0.1, 0.15) is 25.0 Å². The molecule has 3 aromatic carbocycles. The molecule has 2 aliphatic heterocycles. The van der Waals surface area contributed by atoms with E-state index >= 15 is 0 Å². The van der Waals surface area contributed by atoms with Crippen molar-refractivity contribution < 1.29 is 71.6 Å². The van der Waals surface area contributed by atoms with Crippen LogP contribution >= 0.6 is 23.2 Å². The molecule has 3 amide bonds. The van der Waals surface area contributed by atoms with Gasteiger partial charge in [0.1, 0.15) is 23.9 Å². The van der Waals surface area contributed by atoms with Gasteiger partial charge >= 0.3 is 18.2 Å². The summed E-state index contributed by atoms with van der Waals surface area (Å²) in [5, 5.41) is 23.5. The topological polar surface area (TPSA) is 191 Å². The van der Waals surface area contributed by atoms with Crippen molar-refractivity contribution in [3.05, 3.63) is 112 Å². The average Bonchev–Trinajstić information content (AvgIpc) is 3.39. The Hall–Kier alpha value is -4.34. The third-order valence-electron chi connectivity index (χ3n) is 9.47. The molecule has 14 nitrogen and oxygen atoms in total. The monoisotopic (exact) mass is 864 g/mol. The van der Waals surface area contributed by atoms with E-state index in [1.54, 1.807) is 36.4 Å². The summed E-state index contributed by atoms with van der Waals surface area (Å²) in [7, 11) is 0. The second-order valence-electron chi connectivity index (χ2n) is 12.9. The van der Waals surface area contributed by atoms with E-state index in [2.05, 4.69) is 29.1 Å². The van der Waals surface area contributed by atoms with Gasteiger partial charge in [0.25, 0.3) is 5.56 Å². The van der Waals surface area contributed by atoms with E-state index in [9.17, 15) is 34.2 Å². The van der Waals surface area contributed by atoms with Gasteiger partial charge in [-0.3, -0.25) is 9.59 Å². The summed E-state index contributed by atoms with van der Waals surface area (Å²) in [6.45, 7) is 10.8. The van der Waals surface area contributed by atoms with Gasteiger partial charge in [0.05, 0.1) is 34.5 Å². The number of aromatic amines is 1. The Morgan fingerprint density at radius 1 is 1.07 bits per heavy atom.